The molecule has 0 amide bonds. The van der Waals surface area contributed by atoms with Crippen LogP contribution in [0.1, 0.15) is 24.2 Å². The van der Waals surface area contributed by atoms with E-state index in [0.29, 0.717) is 19.7 Å². The van der Waals surface area contributed by atoms with E-state index >= 15 is 0 Å². The fraction of sp³-hybridized carbons (Fsp3) is 0.500. The maximum absolute atomic E-state index is 13.5. The van der Waals surface area contributed by atoms with Gasteiger partial charge in [-0.15, -0.1) is 0 Å². The number of nitrogens with zero attached hydrogens (tertiary/aromatic N) is 1. The number of carbonyl (C=O) groups excluding carboxylic acids is 1. The molecule has 0 radical (unpaired) electrons. The summed E-state index contributed by atoms with van der Waals surface area (Å²) in [6.07, 6.45) is 0. The standard InChI is InChI=1S/C14H17F2NO2/c1-14(2)9-17(5-6-19-14)8-13(18)11-7-10(15)3-4-12(11)16/h3-4,7H,5-6,8-9H2,1-2H3. The molecular formula is C14H17F2NO2. The van der Waals surface area contributed by atoms with Gasteiger partial charge in [-0.3, -0.25) is 9.69 Å². The second-order valence-electron chi connectivity index (χ2n) is 5.37. The first-order valence-corrected chi connectivity index (χ1v) is 6.22. The minimum Gasteiger partial charge on any atom is -0.373 e. The Morgan fingerprint density at radius 2 is 2.16 bits per heavy atom. The molecule has 0 aromatic heterocycles. The fourth-order valence-electron chi connectivity index (χ4n) is 2.25. The lowest BCUT2D eigenvalue weighted by molar-refractivity contribution is -0.0833. The molecule has 1 saturated heterocycles. The third-order valence-corrected chi connectivity index (χ3v) is 3.10. The van der Waals surface area contributed by atoms with Crippen molar-refractivity contribution >= 4 is 5.78 Å². The molecule has 0 atom stereocenters. The maximum Gasteiger partial charge on any atom is 0.179 e. The molecule has 1 aromatic rings. The van der Waals surface area contributed by atoms with Crippen LogP contribution in [0.5, 0.6) is 0 Å². The number of halogens is 2. The molecule has 0 spiro atoms. The molecule has 0 unspecified atom stereocenters. The molecule has 2 rings (SSSR count). The van der Waals surface area contributed by atoms with Gasteiger partial charge in [0.05, 0.1) is 24.3 Å². The Bertz CT molecular complexity index is 488. The first-order chi connectivity index (χ1) is 8.87. The summed E-state index contributed by atoms with van der Waals surface area (Å²) in [6, 6.07) is 2.93. The van der Waals surface area contributed by atoms with Crippen LogP contribution in [0.2, 0.25) is 0 Å². The molecule has 0 aliphatic carbocycles. The Labute approximate surface area is 111 Å². The summed E-state index contributed by atoms with van der Waals surface area (Å²) in [5.74, 6) is -1.69. The van der Waals surface area contributed by atoms with E-state index in [1.54, 1.807) is 0 Å². The number of Topliss-reactive ketones (excluding diaryl/α,β-unsaturated/α-hetero) is 1. The van der Waals surface area contributed by atoms with Crippen LogP contribution in [0.15, 0.2) is 18.2 Å². The Morgan fingerprint density at radius 3 is 2.84 bits per heavy atom. The van der Waals surface area contributed by atoms with E-state index in [9.17, 15) is 13.6 Å². The number of hydrogen-bond donors (Lipinski definition) is 0. The number of hydrogen-bond acceptors (Lipinski definition) is 3. The van der Waals surface area contributed by atoms with Crippen molar-refractivity contribution in [3.63, 3.8) is 0 Å². The summed E-state index contributed by atoms with van der Waals surface area (Å²) in [7, 11) is 0. The summed E-state index contributed by atoms with van der Waals surface area (Å²) < 4.78 is 32.1. The molecule has 19 heavy (non-hydrogen) atoms. The van der Waals surface area contributed by atoms with E-state index in [2.05, 4.69) is 0 Å². The second-order valence-corrected chi connectivity index (χ2v) is 5.37. The van der Waals surface area contributed by atoms with E-state index in [-0.39, 0.29) is 17.7 Å². The Balaban J connectivity index is 2.06. The summed E-state index contributed by atoms with van der Waals surface area (Å²) >= 11 is 0. The van der Waals surface area contributed by atoms with Crippen LogP contribution >= 0.6 is 0 Å². The van der Waals surface area contributed by atoms with Crippen LogP contribution in [0.3, 0.4) is 0 Å². The maximum atomic E-state index is 13.5. The van der Waals surface area contributed by atoms with Crippen LogP contribution in [0.4, 0.5) is 8.78 Å². The number of ether oxygens (including phenoxy) is 1. The highest BCUT2D eigenvalue weighted by molar-refractivity contribution is 5.97. The van der Waals surface area contributed by atoms with Gasteiger partial charge in [0.15, 0.2) is 5.78 Å². The molecule has 0 bridgehead atoms. The molecule has 104 valence electrons. The van der Waals surface area contributed by atoms with Gasteiger partial charge in [-0.05, 0) is 32.0 Å². The average molecular weight is 269 g/mol. The molecule has 1 aliphatic rings. The largest absolute Gasteiger partial charge is 0.373 e. The molecular weight excluding hydrogens is 252 g/mol. The Morgan fingerprint density at radius 1 is 1.42 bits per heavy atom. The molecule has 0 N–H and O–H groups in total. The van der Waals surface area contributed by atoms with Gasteiger partial charge in [-0.2, -0.15) is 0 Å². The van der Waals surface area contributed by atoms with Crippen molar-refractivity contribution in [1.29, 1.82) is 0 Å². The number of morpholine rings is 1. The molecule has 1 fully saturated rings. The summed E-state index contributed by atoms with van der Waals surface area (Å²) in [6.45, 7) is 5.69. The van der Waals surface area contributed by atoms with Gasteiger partial charge in [0.25, 0.3) is 0 Å². The van der Waals surface area contributed by atoms with E-state index < -0.39 is 17.4 Å². The van der Waals surface area contributed by atoms with Gasteiger partial charge in [0.2, 0.25) is 0 Å². The third-order valence-electron chi connectivity index (χ3n) is 3.10. The molecule has 1 aromatic carbocycles. The molecule has 5 heteroatoms. The van der Waals surface area contributed by atoms with Crippen molar-refractivity contribution in [2.75, 3.05) is 26.2 Å². The monoisotopic (exact) mass is 269 g/mol. The van der Waals surface area contributed by atoms with Crippen LogP contribution < -0.4 is 0 Å². The predicted octanol–water partition coefficient (Wildman–Crippen LogP) is 2.26. The van der Waals surface area contributed by atoms with E-state index in [1.165, 1.54) is 0 Å². The highest BCUT2D eigenvalue weighted by Crippen LogP contribution is 2.17. The Hall–Kier alpha value is -1.33. The first-order valence-electron chi connectivity index (χ1n) is 6.22. The molecule has 1 aliphatic heterocycles. The summed E-state index contributed by atoms with van der Waals surface area (Å²) in [5, 5.41) is 0. The minimum absolute atomic E-state index is 0.0766. The van der Waals surface area contributed by atoms with Crippen molar-refractivity contribution in [1.82, 2.24) is 4.90 Å². The quantitative estimate of drug-likeness (QED) is 0.788. The third kappa shape index (κ3) is 3.58. The number of carbonyl (C=O) groups is 1. The zero-order valence-electron chi connectivity index (χ0n) is 11.1. The lowest BCUT2D eigenvalue weighted by atomic mass is 10.1. The van der Waals surface area contributed by atoms with Gasteiger partial charge < -0.3 is 4.74 Å². The van der Waals surface area contributed by atoms with Crippen molar-refractivity contribution in [2.45, 2.75) is 19.4 Å². The van der Waals surface area contributed by atoms with Gasteiger partial charge in [0.1, 0.15) is 11.6 Å². The van der Waals surface area contributed by atoms with Gasteiger partial charge >= 0.3 is 0 Å². The fourth-order valence-corrected chi connectivity index (χ4v) is 2.25. The predicted molar refractivity (Wildman–Crippen MR) is 67.2 cm³/mol. The highest BCUT2D eigenvalue weighted by Gasteiger charge is 2.28. The second kappa shape index (κ2) is 5.35. The topological polar surface area (TPSA) is 29.5 Å². The minimum atomic E-state index is -0.682. The van der Waals surface area contributed by atoms with Crippen LogP contribution in [-0.4, -0.2) is 42.5 Å². The smallest absolute Gasteiger partial charge is 0.179 e. The molecule has 1 heterocycles. The lowest BCUT2D eigenvalue weighted by Gasteiger charge is -2.37. The van der Waals surface area contributed by atoms with Gasteiger partial charge in [-0.25, -0.2) is 8.78 Å². The highest BCUT2D eigenvalue weighted by atomic mass is 19.1. The van der Waals surface area contributed by atoms with Crippen molar-refractivity contribution in [3.05, 3.63) is 35.4 Å². The van der Waals surface area contributed by atoms with E-state index in [4.69, 9.17) is 4.74 Å². The number of rotatable bonds is 3. The number of benzene rings is 1. The van der Waals surface area contributed by atoms with E-state index in [0.717, 1.165) is 18.2 Å². The molecule has 0 saturated carbocycles. The van der Waals surface area contributed by atoms with Crippen molar-refractivity contribution in [3.8, 4) is 0 Å². The van der Waals surface area contributed by atoms with Gasteiger partial charge in [0, 0.05) is 13.1 Å². The summed E-state index contributed by atoms with van der Waals surface area (Å²) in [5.41, 5.74) is -0.511. The normalized spacial score (nSPS) is 19.4. The zero-order chi connectivity index (χ0) is 14.0. The lowest BCUT2D eigenvalue weighted by Crippen LogP contribution is -2.49. The average Bonchev–Trinajstić information content (AvgIpc) is 2.31. The van der Waals surface area contributed by atoms with Crippen LogP contribution in [0.25, 0.3) is 0 Å². The van der Waals surface area contributed by atoms with E-state index in [1.807, 2.05) is 18.7 Å². The zero-order valence-corrected chi connectivity index (χ0v) is 11.1. The summed E-state index contributed by atoms with van der Waals surface area (Å²) in [4.78, 5) is 13.9. The van der Waals surface area contributed by atoms with Gasteiger partial charge in [-0.1, -0.05) is 0 Å². The van der Waals surface area contributed by atoms with Crippen LogP contribution in [-0.2, 0) is 4.74 Å². The SMILES string of the molecule is CC1(C)CN(CC(=O)c2cc(F)ccc2F)CCO1. The number of ketones is 1. The Kier molecular flexibility index (Phi) is 3.96. The first kappa shape index (κ1) is 14.1. The van der Waals surface area contributed by atoms with Crippen molar-refractivity contribution in [2.24, 2.45) is 0 Å². The van der Waals surface area contributed by atoms with Crippen LogP contribution in [0, 0.1) is 11.6 Å². The molecule has 3 nitrogen and oxygen atoms in total. The van der Waals surface area contributed by atoms with Crippen molar-refractivity contribution < 1.29 is 18.3 Å².